The van der Waals surface area contributed by atoms with E-state index in [1.54, 1.807) is 24.3 Å². The van der Waals surface area contributed by atoms with Crippen LogP contribution in [-0.2, 0) is 10.7 Å². The first-order chi connectivity index (χ1) is 6.31. The number of hydrogen-bond donors (Lipinski definition) is 2. The monoisotopic (exact) mass is 199 g/mol. The molecule has 1 aromatic rings. The van der Waals surface area contributed by atoms with Gasteiger partial charge in [-0.1, -0.05) is 12.1 Å². The topological polar surface area (TPSA) is 69.7 Å². The maximum absolute atomic E-state index is 10.1. The molecule has 5 nitrogen and oxygen atoms in total. The van der Waals surface area contributed by atoms with Crippen LogP contribution in [0.5, 0.6) is 0 Å². The van der Waals surface area contributed by atoms with Crippen molar-refractivity contribution in [1.29, 1.82) is 0 Å². The molecule has 1 rings (SSSR count). The number of nitrogens with zero attached hydrogens (tertiary/aromatic N) is 2. The van der Waals surface area contributed by atoms with Crippen LogP contribution in [0.3, 0.4) is 0 Å². The van der Waals surface area contributed by atoms with E-state index >= 15 is 0 Å². The fraction of sp³-hybridized carbons (Fsp3) is 0.143. The lowest BCUT2D eigenvalue weighted by molar-refractivity contribution is 0.0988. The van der Waals surface area contributed by atoms with Gasteiger partial charge in [0.2, 0.25) is 0 Å². The lowest BCUT2D eigenvalue weighted by Gasteiger charge is -2.00. The van der Waals surface area contributed by atoms with Crippen LogP contribution in [0.15, 0.2) is 24.3 Å². The molecule has 0 amide bonds. The lowest BCUT2D eigenvalue weighted by atomic mass is 10.2. The molecule has 0 saturated carbocycles. The Kier molecular flexibility index (Phi) is 3.69. The van der Waals surface area contributed by atoms with Crippen LogP contribution >= 0.6 is 12.6 Å². The van der Waals surface area contributed by atoms with Crippen LogP contribution in [0.1, 0.15) is 5.56 Å². The number of hydrogen-bond acceptors (Lipinski definition) is 5. The van der Waals surface area contributed by atoms with E-state index in [2.05, 4.69) is 22.9 Å². The molecule has 0 heterocycles. The molecular formula is C7H9N3O2S+. The molecule has 1 aromatic carbocycles. The lowest BCUT2D eigenvalue weighted by Crippen LogP contribution is -2.27. The fourth-order valence-corrected chi connectivity index (χ4v) is 1.07. The molecule has 0 bridgehead atoms. The molecule has 0 atom stereocenters. The van der Waals surface area contributed by atoms with Crippen molar-refractivity contribution >= 4 is 18.3 Å². The molecule has 1 radical (unpaired) electrons. The molecule has 2 N–H and O–H groups in total. The predicted molar refractivity (Wildman–Crippen MR) is 52.4 cm³/mol. The van der Waals surface area contributed by atoms with E-state index in [0.717, 1.165) is 5.56 Å². The zero-order chi connectivity index (χ0) is 9.68. The number of thiol groups is 1. The third-order valence-electron chi connectivity index (χ3n) is 1.51. The molecule has 0 aromatic heterocycles. The van der Waals surface area contributed by atoms with Crippen molar-refractivity contribution in [3.8, 4) is 0 Å². The van der Waals surface area contributed by atoms with Gasteiger partial charge in [0.15, 0.2) is 0 Å². The molecular weight excluding hydrogens is 190 g/mol. The van der Waals surface area contributed by atoms with Gasteiger partial charge in [-0.05, 0) is 17.7 Å². The molecule has 0 unspecified atom stereocenters. The van der Waals surface area contributed by atoms with Crippen LogP contribution in [0, 0.1) is 4.91 Å². The van der Waals surface area contributed by atoms with E-state index < -0.39 is 0 Å². The third kappa shape index (κ3) is 2.41. The predicted octanol–water partition coefficient (Wildman–Crippen LogP) is 0.745. The first kappa shape index (κ1) is 9.97. The second-order valence-corrected chi connectivity index (χ2v) is 2.60. The van der Waals surface area contributed by atoms with Gasteiger partial charge >= 0.3 is 5.29 Å². The first-order valence-electron chi connectivity index (χ1n) is 3.52. The number of benzene rings is 1. The summed E-state index contributed by atoms with van der Waals surface area (Å²) in [7, 11) is 0. The zero-order valence-electron chi connectivity index (χ0n) is 6.75. The number of anilines is 1. The third-order valence-corrected chi connectivity index (χ3v) is 1.88. The molecule has 69 valence electrons. The highest BCUT2D eigenvalue weighted by atomic mass is 32.1. The van der Waals surface area contributed by atoms with Gasteiger partial charge < -0.3 is 0 Å². The van der Waals surface area contributed by atoms with E-state index in [1.165, 1.54) is 0 Å². The standard InChI is InChI=1S/C7H9N3O2S/c8-12-10(9-11)7-3-1-6(5-13)2-4-7/h1-4,13H,5,8H2/q+1. The van der Waals surface area contributed by atoms with Gasteiger partial charge in [0.25, 0.3) is 0 Å². The summed E-state index contributed by atoms with van der Waals surface area (Å²) in [6.45, 7) is 0. The van der Waals surface area contributed by atoms with E-state index in [1.807, 2.05) is 0 Å². The second kappa shape index (κ2) is 4.80. The van der Waals surface area contributed by atoms with Crippen LogP contribution in [0.4, 0.5) is 5.69 Å². The molecule has 0 saturated heterocycles. The van der Waals surface area contributed by atoms with Gasteiger partial charge in [-0.3, -0.25) is 0 Å². The molecule has 13 heavy (non-hydrogen) atoms. The van der Waals surface area contributed by atoms with Crippen molar-refractivity contribution in [3.05, 3.63) is 34.7 Å². The summed E-state index contributed by atoms with van der Waals surface area (Å²) >= 11 is 4.09. The molecule has 6 heteroatoms. The van der Waals surface area contributed by atoms with Crippen LogP contribution in [0.25, 0.3) is 0 Å². The van der Waals surface area contributed by atoms with Crippen LogP contribution < -0.4 is 16.4 Å². The maximum Gasteiger partial charge on any atom is 0.516 e. The van der Waals surface area contributed by atoms with Crippen molar-refractivity contribution in [2.75, 3.05) is 5.17 Å². The highest BCUT2D eigenvalue weighted by Gasteiger charge is 2.17. The quantitative estimate of drug-likeness (QED) is 0.554. The van der Waals surface area contributed by atoms with E-state index in [9.17, 15) is 4.91 Å². The Morgan fingerprint density at radius 1 is 1.46 bits per heavy atom. The number of rotatable bonds is 4. The smallest absolute Gasteiger partial charge is 0.184 e. The minimum Gasteiger partial charge on any atom is -0.184 e. The Morgan fingerprint density at radius 3 is 2.46 bits per heavy atom. The Labute approximate surface area is 80.7 Å². The summed E-state index contributed by atoms with van der Waals surface area (Å²) in [5, 5.41) is 3.23. The van der Waals surface area contributed by atoms with E-state index in [-0.39, 0.29) is 0 Å². The Bertz CT molecular complexity index is 278. The van der Waals surface area contributed by atoms with Gasteiger partial charge in [-0.2, -0.15) is 18.5 Å². The van der Waals surface area contributed by atoms with Crippen molar-refractivity contribution < 1.29 is 4.94 Å². The van der Waals surface area contributed by atoms with E-state index in [4.69, 9.17) is 5.90 Å². The molecule has 0 aliphatic heterocycles. The van der Waals surface area contributed by atoms with Gasteiger partial charge in [0, 0.05) is 5.75 Å². The van der Waals surface area contributed by atoms with Crippen molar-refractivity contribution in [1.82, 2.24) is 5.29 Å². The van der Waals surface area contributed by atoms with Gasteiger partial charge in [0.05, 0.1) is 0 Å². The molecule has 0 aliphatic rings. The maximum atomic E-state index is 10.1. The normalized spacial score (nSPS) is 9.69. The summed E-state index contributed by atoms with van der Waals surface area (Å²) in [6, 6.07) is 6.94. The average Bonchev–Trinajstić information content (AvgIpc) is 2.21. The Balaban J connectivity index is 2.83. The first-order valence-corrected chi connectivity index (χ1v) is 4.15. The largest absolute Gasteiger partial charge is 0.516 e. The van der Waals surface area contributed by atoms with Gasteiger partial charge in [-0.25, -0.2) is 0 Å². The summed E-state index contributed by atoms with van der Waals surface area (Å²) in [4.78, 5) is 14.3. The Hall–Kier alpha value is -1.11. The van der Waals surface area contributed by atoms with Crippen molar-refractivity contribution in [3.63, 3.8) is 0 Å². The zero-order valence-corrected chi connectivity index (χ0v) is 7.65. The molecule has 0 fully saturated rings. The SMILES string of the molecule is NON([N+]=O)c1ccc(CS)cc1. The van der Waals surface area contributed by atoms with Crippen molar-refractivity contribution in [2.45, 2.75) is 5.75 Å². The summed E-state index contributed by atoms with van der Waals surface area (Å²) < 4.78 is 0. The summed E-state index contributed by atoms with van der Waals surface area (Å²) in [5.74, 6) is 5.44. The highest BCUT2D eigenvalue weighted by molar-refractivity contribution is 7.79. The molecule has 0 aliphatic carbocycles. The van der Waals surface area contributed by atoms with E-state index in [0.29, 0.717) is 16.6 Å². The van der Waals surface area contributed by atoms with Gasteiger partial charge in [0.1, 0.15) is 15.8 Å². The molecule has 0 spiro atoms. The minimum absolute atomic E-state index is 0.475. The number of nitrogens with two attached hydrogens (primary N) is 1. The number of nitroso groups, excluding NO2 is 1. The Morgan fingerprint density at radius 2 is 2.08 bits per heavy atom. The fourth-order valence-electron chi connectivity index (χ4n) is 0.856. The summed E-state index contributed by atoms with van der Waals surface area (Å²) in [5.41, 5.74) is 1.51. The van der Waals surface area contributed by atoms with Crippen LogP contribution in [0.2, 0.25) is 0 Å². The highest BCUT2D eigenvalue weighted by Crippen LogP contribution is 2.13. The second-order valence-electron chi connectivity index (χ2n) is 2.28. The summed E-state index contributed by atoms with van der Waals surface area (Å²) in [6.07, 6.45) is 0. The van der Waals surface area contributed by atoms with Crippen molar-refractivity contribution in [2.24, 2.45) is 5.90 Å². The van der Waals surface area contributed by atoms with Gasteiger partial charge in [-0.15, -0.1) is 4.94 Å². The van der Waals surface area contributed by atoms with Crippen LogP contribution in [-0.4, -0.2) is 0 Å². The minimum atomic E-state index is 0.475. The average molecular weight is 199 g/mol.